The number of nitrogens with zero attached hydrogens (tertiary/aromatic N) is 1. The Morgan fingerprint density at radius 2 is 1.96 bits per heavy atom. The van der Waals surface area contributed by atoms with Crippen LogP contribution in [0.3, 0.4) is 0 Å². The minimum atomic E-state index is -0.565. The van der Waals surface area contributed by atoms with Crippen LogP contribution in [0.25, 0.3) is 11.1 Å². The van der Waals surface area contributed by atoms with Crippen molar-refractivity contribution in [2.75, 3.05) is 20.3 Å². The van der Waals surface area contributed by atoms with Crippen LogP contribution in [0.15, 0.2) is 45.6 Å². The minimum Gasteiger partial charge on any atom is -0.489 e. The normalized spacial score (nSPS) is 16.4. The molecule has 0 atom stereocenters. The van der Waals surface area contributed by atoms with Crippen LogP contribution in [0.1, 0.15) is 24.0 Å². The molecule has 6 nitrogen and oxygen atoms in total. The van der Waals surface area contributed by atoms with Crippen LogP contribution < -0.4 is 10.5 Å². The first kappa shape index (κ1) is 18.7. The molecule has 0 unspecified atom stereocenters. The lowest BCUT2D eigenvalue weighted by molar-refractivity contribution is -0.0950. The fourth-order valence-corrected chi connectivity index (χ4v) is 3.66. The second-order valence-corrected chi connectivity index (χ2v) is 7.00. The summed E-state index contributed by atoms with van der Waals surface area (Å²) in [7, 11) is 3.29. The van der Waals surface area contributed by atoms with Gasteiger partial charge >= 0.3 is 5.76 Å². The van der Waals surface area contributed by atoms with Crippen molar-refractivity contribution >= 4 is 11.1 Å². The van der Waals surface area contributed by atoms with E-state index in [-0.39, 0.29) is 12.4 Å². The van der Waals surface area contributed by atoms with Gasteiger partial charge in [0.25, 0.3) is 0 Å². The summed E-state index contributed by atoms with van der Waals surface area (Å²) in [5.74, 6) is -0.364. The number of aromatic nitrogens is 1. The number of benzene rings is 2. The molecule has 4 rings (SSSR count). The van der Waals surface area contributed by atoms with Gasteiger partial charge in [0.15, 0.2) is 5.58 Å². The molecule has 148 valence electrons. The Balaban J connectivity index is 1.57. The summed E-state index contributed by atoms with van der Waals surface area (Å²) in [4.78, 5) is 11.6. The number of rotatable bonds is 5. The average Bonchev–Trinajstić information content (AvgIpc) is 2.99. The Hall–Kier alpha value is -2.64. The third-order valence-corrected chi connectivity index (χ3v) is 5.35. The van der Waals surface area contributed by atoms with Gasteiger partial charge in [-0.2, -0.15) is 0 Å². The van der Waals surface area contributed by atoms with E-state index in [1.807, 2.05) is 12.1 Å². The van der Waals surface area contributed by atoms with Gasteiger partial charge < -0.3 is 18.6 Å². The van der Waals surface area contributed by atoms with Crippen molar-refractivity contribution in [3.8, 4) is 5.75 Å². The second-order valence-electron chi connectivity index (χ2n) is 7.00. The first-order valence-corrected chi connectivity index (χ1v) is 9.16. The number of halogens is 1. The zero-order chi connectivity index (χ0) is 19.7. The lowest BCUT2D eigenvalue weighted by Crippen LogP contribution is -2.35. The number of hydrogen-bond acceptors (Lipinski definition) is 5. The summed E-state index contributed by atoms with van der Waals surface area (Å²) in [5.41, 5.74) is 2.21. The molecule has 0 amide bonds. The van der Waals surface area contributed by atoms with Crippen molar-refractivity contribution in [3.05, 3.63) is 63.9 Å². The van der Waals surface area contributed by atoms with E-state index in [4.69, 9.17) is 18.6 Å². The third-order valence-electron chi connectivity index (χ3n) is 5.35. The molecule has 1 fully saturated rings. The highest BCUT2D eigenvalue weighted by Gasteiger charge is 2.35. The molecule has 7 heteroatoms. The molecule has 0 saturated carbocycles. The molecule has 0 radical (unpaired) electrons. The standard InChI is InChI=1S/C21H22FNO5/c1-23-18-4-3-14(9-19(18)28-20(23)24)13-27-17-11-15(10-16(22)12-17)21(25-2)5-7-26-8-6-21/h3-4,9-12H,5-8,13H2,1-2H3. The van der Waals surface area contributed by atoms with Crippen molar-refractivity contribution in [1.29, 1.82) is 0 Å². The van der Waals surface area contributed by atoms with Gasteiger partial charge in [0.1, 0.15) is 18.2 Å². The monoisotopic (exact) mass is 387 g/mol. The van der Waals surface area contributed by atoms with Gasteiger partial charge in [0.2, 0.25) is 0 Å². The van der Waals surface area contributed by atoms with Crippen LogP contribution in [0.5, 0.6) is 5.75 Å². The van der Waals surface area contributed by atoms with E-state index in [9.17, 15) is 9.18 Å². The Bertz CT molecular complexity index is 1050. The van der Waals surface area contributed by atoms with Crippen LogP contribution in [0, 0.1) is 5.82 Å². The van der Waals surface area contributed by atoms with Crippen molar-refractivity contribution in [2.24, 2.45) is 7.05 Å². The number of hydrogen-bond donors (Lipinski definition) is 0. The molecular weight excluding hydrogens is 365 g/mol. The largest absolute Gasteiger partial charge is 0.489 e. The SMILES string of the molecule is COC1(c2cc(F)cc(OCc3ccc4c(c3)oc(=O)n4C)c2)CCOCC1. The minimum absolute atomic E-state index is 0.223. The predicted molar refractivity (Wildman–Crippen MR) is 101 cm³/mol. The molecule has 0 aliphatic carbocycles. The Kier molecular flexibility index (Phi) is 4.95. The van der Waals surface area contributed by atoms with Gasteiger partial charge in [-0.15, -0.1) is 0 Å². The summed E-state index contributed by atoms with van der Waals surface area (Å²) in [6.07, 6.45) is 1.33. The van der Waals surface area contributed by atoms with E-state index < -0.39 is 11.4 Å². The van der Waals surface area contributed by atoms with Gasteiger partial charge in [-0.3, -0.25) is 4.57 Å². The number of fused-ring (bicyclic) bond motifs is 1. The zero-order valence-electron chi connectivity index (χ0n) is 15.9. The number of methoxy groups -OCH3 is 1. The average molecular weight is 387 g/mol. The van der Waals surface area contributed by atoms with Gasteiger partial charge in [0.05, 0.1) is 11.1 Å². The lowest BCUT2D eigenvalue weighted by Gasteiger charge is -2.36. The predicted octanol–water partition coefficient (Wildman–Crippen LogP) is 3.50. The highest BCUT2D eigenvalue weighted by molar-refractivity contribution is 5.73. The topological polar surface area (TPSA) is 62.8 Å². The molecule has 2 heterocycles. The first-order chi connectivity index (χ1) is 13.5. The van der Waals surface area contributed by atoms with E-state index in [0.717, 1.165) is 11.1 Å². The van der Waals surface area contributed by atoms with Crippen LogP contribution in [-0.4, -0.2) is 24.9 Å². The van der Waals surface area contributed by atoms with E-state index in [1.54, 1.807) is 26.3 Å². The molecule has 1 saturated heterocycles. The summed E-state index contributed by atoms with van der Waals surface area (Å²) < 4.78 is 37.9. The Morgan fingerprint density at radius 1 is 1.18 bits per heavy atom. The number of oxazole rings is 1. The van der Waals surface area contributed by atoms with Gasteiger partial charge in [-0.25, -0.2) is 9.18 Å². The highest BCUT2D eigenvalue weighted by Crippen LogP contribution is 2.37. The van der Waals surface area contributed by atoms with E-state index in [0.29, 0.717) is 42.9 Å². The summed E-state index contributed by atoms with van der Waals surface area (Å²) in [6.45, 7) is 1.37. The maximum absolute atomic E-state index is 14.3. The van der Waals surface area contributed by atoms with E-state index in [2.05, 4.69) is 0 Å². The molecule has 3 aromatic rings. The third kappa shape index (κ3) is 3.43. The molecular formula is C21H22FNO5. The van der Waals surface area contributed by atoms with Crippen LogP contribution in [0.2, 0.25) is 0 Å². The maximum Gasteiger partial charge on any atom is 0.419 e. The van der Waals surface area contributed by atoms with Crippen molar-refractivity contribution < 1.29 is 23.0 Å². The fourth-order valence-electron chi connectivity index (χ4n) is 3.66. The van der Waals surface area contributed by atoms with Crippen LogP contribution in [-0.2, 0) is 28.7 Å². The van der Waals surface area contributed by atoms with Crippen molar-refractivity contribution in [1.82, 2.24) is 4.57 Å². The Morgan fingerprint density at radius 3 is 2.71 bits per heavy atom. The molecule has 0 N–H and O–H groups in total. The second kappa shape index (κ2) is 7.41. The van der Waals surface area contributed by atoms with Gasteiger partial charge in [-0.1, -0.05) is 6.07 Å². The zero-order valence-corrected chi connectivity index (χ0v) is 15.9. The molecule has 28 heavy (non-hydrogen) atoms. The summed E-state index contributed by atoms with van der Waals surface area (Å²) in [5, 5.41) is 0. The van der Waals surface area contributed by atoms with E-state index in [1.165, 1.54) is 16.7 Å². The smallest absolute Gasteiger partial charge is 0.419 e. The van der Waals surface area contributed by atoms with Gasteiger partial charge in [0, 0.05) is 46.3 Å². The first-order valence-electron chi connectivity index (χ1n) is 9.16. The Labute approximate surface area is 161 Å². The highest BCUT2D eigenvalue weighted by atomic mass is 19.1. The molecule has 1 aromatic heterocycles. The molecule has 1 aliphatic rings. The van der Waals surface area contributed by atoms with E-state index >= 15 is 0 Å². The van der Waals surface area contributed by atoms with Crippen molar-refractivity contribution in [2.45, 2.75) is 25.0 Å². The van der Waals surface area contributed by atoms with Crippen molar-refractivity contribution in [3.63, 3.8) is 0 Å². The quantitative estimate of drug-likeness (QED) is 0.671. The molecule has 0 bridgehead atoms. The maximum atomic E-state index is 14.3. The van der Waals surface area contributed by atoms with Crippen LogP contribution in [0.4, 0.5) is 4.39 Å². The molecule has 2 aromatic carbocycles. The summed E-state index contributed by atoms with van der Waals surface area (Å²) in [6, 6.07) is 10.1. The molecule has 1 aliphatic heterocycles. The number of ether oxygens (including phenoxy) is 3. The number of aryl methyl sites for hydroxylation is 1. The fraction of sp³-hybridized carbons (Fsp3) is 0.381. The van der Waals surface area contributed by atoms with Crippen LogP contribution >= 0.6 is 0 Å². The summed E-state index contributed by atoms with van der Waals surface area (Å²) >= 11 is 0. The lowest BCUT2D eigenvalue weighted by atomic mass is 9.86. The molecule has 0 spiro atoms. The van der Waals surface area contributed by atoms with Gasteiger partial charge in [-0.05, 0) is 35.4 Å².